The molecule has 33 heavy (non-hydrogen) atoms. The van der Waals surface area contributed by atoms with E-state index in [1.165, 1.54) is 18.1 Å². The molecule has 0 radical (unpaired) electrons. The SMILES string of the molecule is CCCNc1ncnc2c1nc(SCc1ccccc1)n2[C@@H]1O[C@@H]2COP(=O)(O)O[C@H]2[C@H]1O. The summed E-state index contributed by atoms with van der Waals surface area (Å²) in [4.78, 5) is 23.2. The average Bonchev–Trinajstić information content (AvgIpc) is 3.33. The molecule has 0 spiro atoms. The number of fused-ring (bicyclic) bond motifs is 2. The molecule has 0 bridgehead atoms. The third-order valence-electron chi connectivity index (χ3n) is 5.42. The van der Waals surface area contributed by atoms with Crippen molar-refractivity contribution in [1.82, 2.24) is 19.5 Å². The highest BCUT2D eigenvalue weighted by Crippen LogP contribution is 2.53. The Morgan fingerprint density at radius 2 is 2.12 bits per heavy atom. The maximum atomic E-state index is 11.9. The van der Waals surface area contributed by atoms with E-state index in [0.717, 1.165) is 18.5 Å². The molecule has 11 nitrogen and oxygen atoms in total. The molecule has 2 fully saturated rings. The highest BCUT2D eigenvalue weighted by molar-refractivity contribution is 7.98. The zero-order chi connectivity index (χ0) is 23.0. The van der Waals surface area contributed by atoms with Gasteiger partial charge in [-0.25, -0.2) is 19.5 Å². The first-order chi connectivity index (χ1) is 16.0. The Hall–Kier alpha value is -2.05. The van der Waals surface area contributed by atoms with Crippen LogP contribution in [-0.2, 0) is 24.1 Å². The van der Waals surface area contributed by atoms with Gasteiger partial charge in [0.15, 0.2) is 28.4 Å². The molecule has 2 aliphatic heterocycles. The molecular weight excluding hydrogens is 469 g/mol. The van der Waals surface area contributed by atoms with Crippen molar-refractivity contribution in [2.24, 2.45) is 0 Å². The first-order valence-electron chi connectivity index (χ1n) is 10.6. The third-order valence-corrected chi connectivity index (χ3v) is 7.43. The van der Waals surface area contributed by atoms with Crippen LogP contribution in [0.2, 0.25) is 0 Å². The number of aromatic nitrogens is 4. The Balaban J connectivity index is 1.53. The van der Waals surface area contributed by atoms with Crippen molar-refractivity contribution in [3.63, 3.8) is 0 Å². The highest BCUT2D eigenvalue weighted by atomic mass is 32.2. The normalized spacial score (nSPS) is 29.3. The molecule has 13 heteroatoms. The monoisotopic (exact) mass is 493 g/mol. The van der Waals surface area contributed by atoms with Crippen molar-refractivity contribution in [2.45, 2.75) is 48.8 Å². The lowest BCUT2D eigenvalue weighted by atomic mass is 10.1. The number of hydrogen-bond acceptors (Lipinski definition) is 10. The summed E-state index contributed by atoms with van der Waals surface area (Å²) in [5.74, 6) is 1.22. The summed E-state index contributed by atoms with van der Waals surface area (Å²) in [7, 11) is -4.24. The number of aliphatic hydroxyl groups excluding tert-OH is 1. The van der Waals surface area contributed by atoms with Gasteiger partial charge in [-0.05, 0) is 12.0 Å². The van der Waals surface area contributed by atoms with Crippen LogP contribution in [0.25, 0.3) is 11.2 Å². The number of anilines is 1. The van der Waals surface area contributed by atoms with E-state index in [-0.39, 0.29) is 6.61 Å². The van der Waals surface area contributed by atoms with Gasteiger partial charge in [-0.2, -0.15) is 0 Å². The van der Waals surface area contributed by atoms with Gasteiger partial charge in [0.2, 0.25) is 0 Å². The van der Waals surface area contributed by atoms with Gasteiger partial charge < -0.3 is 20.1 Å². The predicted octanol–water partition coefficient (Wildman–Crippen LogP) is 2.71. The summed E-state index contributed by atoms with van der Waals surface area (Å²) in [6.07, 6.45) is -1.53. The number of hydrogen-bond donors (Lipinski definition) is 3. The Labute approximate surface area is 194 Å². The molecule has 176 valence electrons. The van der Waals surface area contributed by atoms with Crippen molar-refractivity contribution in [3.8, 4) is 0 Å². The fourth-order valence-electron chi connectivity index (χ4n) is 3.86. The number of aliphatic hydroxyl groups is 1. The molecule has 2 aromatic heterocycles. The summed E-state index contributed by atoms with van der Waals surface area (Å²) < 4.78 is 29.6. The molecule has 2 saturated heterocycles. The number of imidazole rings is 1. The minimum absolute atomic E-state index is 0.163. The van der Waals surface area contributed by atoms with Crippen molar-refractivity contribution in [1.29, 1.82) is 0 Å². The number of benzene rings is 1. The molecule has 2 aliphatic rings. The van der Waals surface area contributed by atoms with Crippen molar-refractivity contribution in [2.75, 3.05) is 18.5 Å². The van der Waals surface area contributed by atoms with E-state index < -0.39 is 32.4 Å². The van der Waals surface area contributed by atoms with Crippen LogP contribution in [0.4, 0.5) is 5.82 Å². The van der Waals surface area contributed by atoms with Gasteiger partial charge in [0.05, 0.1) is 6.61 Å². The van der Waals surface area contributed by atoms with Gasteiger partial charge >= 0.3 is 7.82 Å². The summed E-state index contributed by atoms with van der Waals surface area (Å²) in [5, 5.41) is 14.8. The number of ether oxygens (including phenoxy) is 1. The third kappa shape index (κ3) is 4.52. The fourth-order valence-corrected chi connectivity index (χ4v) is 5.80. The molecule has 1 unspecified atom stereocenters. The zero-order valence-corrected chi connectivity index (χ0v) is 19.5. The second-order valence-electron chi connectivity index (χ2n) is 7.75. The van der Waals surface area contributed by atoms with Gasteiger partial charge in [-0.15, -0.1) is 0 Å². The highest BCUT2D eigenvalue weighted by Gasteiger charge is 2.53. The van der Waals surface area contributed by atoms with Crippen LogP contribution in [0.5, 0.6) is 0 Å². The van der Waals surface area contributed by atoms with E-state index >= 15 is 0 Å². The lowest BCUT2D eigenvalue weighted by molar-refractivity contribution is -0.0684. The molecule has 1 aromatic carbocycles. The molecule has 3 aromatic rings. The second-order valence-corrected chi connectivity index (χ2v) is 10.1. The lowest BCUT2D eigenvalue weighted by Crippen LogP contribution is -2.39. The first kappa shape index (κ1) is 22.7. The quantitative estimate of drug-likeness (QED) is 0.330. The molecule has 5 atom stereocenters. The van der Waals surface area contributed by atoms with Crippen molar-refractivity contribution >= 4 is 36.6 Å². The summed E-state index contributed by atoms with van der Waals surface area (Å²) >= 11 is 1.47. The van der Waals surface area contributed by atoms with E-state index in [2.05, 4.69) is 22.2 Å². The minimum atomic E-state index is -4.24. The number of nitrogens with zero attached hydrogens (tertiary/aromatic N) is 4. The Kier molecular flexibility index (Phi) is 6.41. The maximum absolute atomic E-state index is 11.9. The zero-order valence-electron chi connectivity index (χ0n) is 17.8. The lowest BCUT2D eigenvalue weighted by Gasteiger charge is -2.27. The van der Waals surface area contributed by atoms with E-state index in [1.807, 2.05) is 30.3 Å². The van der Waals surface area contributed by atoms with Gasteiger partial charge in [-0.1, -0.05) is 49.0 Å². The van der Waals surface area contributed by atoms with Gasteiger partial charge in [-0.3, -0.25) is 13.6 Å². The Morgan fingerprint density at radius 1 is 1.30 bits per heavy atom. The van der Waals surface area contributed by atoms with Crippen LogP contribution in [0.15, 0.2) is 41.8 Å². The van der Waals surface area contributed by atoms with E-state index in [0.29, 0.717) is 27.9 Å². The van der Waals surface area contributed by atoms with Crippen LogP contribution in [0, 0.1) is 0 Å². The molecule has 0 amide bonds. The molecular formula is C20H24N5O6PS. The van der Waals surface area contributed by atoms with Crippen LogP contribution in [0.1, 0.15) is 25.1 Å². The number of phosphoric ester groups is 1. The molecule has 5 rings (SSSR count). The average molecular weight is 493 g/mol. The van der Waals surface area contributed by atoms with E-state index in [9.17, 15) is 14.6 Å². The standard InChI is InChI=1S/C20H24N5O6PS/c1-2-8-21-17-14-18(23-11-22-17)25(20(24-14)33-10-12-6-4-3-5-7-12)19-15(26)16-13(30-19)9-29-32(27,28)31-16/h3-7,11,13,15-16,19,26H,2,8-10H2,1H3,(H,27,28)(H,21,22,23)/t13-,15-,16-,19-/m1/s1. The number of nitrogens with one attached hydrogen (secondary N) is 1. The fraction of sp³-hybridized carbons (Fsp3) is 0.450. The van der Waals surface area contributed by atoms with Gasteiger partial charge in [0.25, 0.3) is 0 Å². The molecule has 0 saturated carbocycles. The molecule has 0 aliphatic carbocycles. The topological polar surface area (TPSA) is 141 Å². The molecule has 4 heterocycles. The molecule has 3 N–H and O–H groups in total. The summed E-state index contributed by atoms with van der Waals surface area (Å²) in [6, 6.07) is 9.93. The van der Waals surface area contributed by atoms with Crippen molar-refractivity contribution < 1.29 is 28.3 Å². The number of thioether (sulfide) groups is 1. The summed E-state index contributed by atoms with van der Waals surface area (Å²) in [6.45, 7) is 2.61. The Bertz CT molecular complexity index is 1180. The smallest absolute Gasteiger partial charge is 0.386 e. The Morgan fingerprint density at radius 3 is 2.91 bits per heavy atom. The van der Waals surface area contributed by atoms with Crippen LogP contribution >= 0.6 is 19.6 Å². The number of phosphoric acid groups is 1. The van der Waals surface area contributed by atoms with Gasteiger partial charge in [0, 0.05) is 12.3 Å². The predicted molar refractivity (Wildman–Crippen MR) is 121 cm³/mol. The van der Waals surface area contributed by atoms with E-state index in [1.54, 1.807) is 4.57 Å². The van der Waals surface area contributed by atoms with Crippen LogP contribution < -0.4 is 5.32 Å². The largest absolute Gasteiger partial charge is 0.472 e. The maximum Gasteiger partial charge on any atom is 0.472 e. The minimum Gasteiger partial charge on any atom is -0.386 e. The number of rotatable bonds is 7. The van der Waals surface area contributed by atoms with E-state index in [4.69, 9.17) is 18.8 Å². The van der Waals surface area contributed by atoms with Crippen LogP contribution in [0.3, 0.4) is 0 Å². The summed E-state index contributed by atoms with van der Waals surface area (Å²) in [5.41, 5.74) is 2.14. The van der Waals surface area contributed by atoms with Gasteiger partial charge in [0.1, 0.15) is 24.6 Å². The van der Waals surface area contributed by atoms with Crippen molar-refractivity contribution in [3.05, 3.63) is 42.2 Å². The first-order valence-corrected chi connectivity index (χ1v) is 13.1. The van der Waals surface area contributed by atoms with Crippen LogP contribution in [-0.4, -0.2) is 61.0 Å². The second kappa shape index (κ2) is 9.30.